The van der Waals surface area contributed by atoms with Crippen molar-refractivity contribution in [3.63, 3.8) is 0 Å². The molecule has 0 aliphatic carbocycles. The summed E-state index contributed by atoms with van der Waals surface area (Å²) in [6.45, 7) is 0. The topological polar surface area (TPSA) is 51.6 Å². The Bertz CT molecular complexity index is 2210. The summed E-state index contributed by atoms with van der Waals surface area (Å²) >= 11 is 0. The molecule has 0 N–H and O–H groups in total. The second kappa shape index (κ2) is 12.0. The molecule has 8 aromatic rings. The number of rotatable bonds is 6. The van der Waals surface area contributed by atoms with Crippen LogP contribution in [0.4, 0.5) is 0 Å². The summed E-state index contributed by atoms with van der Waals surface area (Å²) in [5, 5.41) is 2.43. The molecule has 0 fully saturated rings. The number of hydrogen-bond donors (Lipinski definition) is 0. The standard InChI is InChI=1S/C42H28N4/c1-3-10-32(11-4-1)40-44-41(33-12-5-2-6-13-33)46-42(45-40)34-23-19-30(20-24-34)37-26-35-14-7-8-16-38(35)39(27-37)31-21-17-29(18-22-31)36-15-9-25-43-28-36/h1-28H. The third-order valence-electron chi connectivity index (χ3n) is 8.23. The molecule has 2 aromatic heterocycles. The normalized spacial score (nSPS) is 11.0. The lowest BCUT2D eigenvalue weighted by molar-refractivity contribution is 1.07. The van der Waals surface area contributed by atoms with Crippen molar-refractivity contribution >= 4 is 10.8 Å². The van der Waals surface area contributed by atoms with Crippen molar-refractivity contribution in [1.29, 1.82) is 0 Å². The maximum absolute atomic E-state index is 4.90. The van der Waals surface area contributed by atoms with E-state index in [1.807, 2.05) is 72.9 Å². The van der Waals surface area contributed by atoms with Crippen molar-refractivity contribution in [2.75, 3.05) is 0 Å². The van der Waals surface area contributed by atoms with Crippen molar-refractivity contribution in [3.8, 4) is 67.5 Å². The third kappa shape index (κ3) is 5.44. The zero-order valence-electron chi connectivity index (χ0n) is 25.0. The highest BCUT2D eigenvalue weighted by molar-refractivity contribution is 6.00. The zero-order valence-corrected chi connectivity index (χ0v) is 25.0. The summed E-state index contributed by atoms with van der Waals surface area (Å²) < 4.78 is 0. The largest absolute Gasteiger partial charge is 0.264 e. The van der Waals surface area contributed by atoms with E-state index in [1.165, 1.54) is 21.9 Å². The molecule has 0 bridgehead atoms. The first kappa shape index (κ1) is 27.3. The molecule has 0 radical (unpaired) electrons. The zero-order chi connectivity index (χ0) is 30.7. The van der Waals surface area contributed by atoms with Gasteiger partial charge in [-0.3, -0.25) is 4.98 Å². The van der Waals surface area contributed by atoms with Gasteiger partial charge >= 0.3 is 0 Å². The summed E-state index contributed by atoms with van der Waals surface area (Å²) in [6, 6.07) is 54.6. The Hall–Kier alpha value is -6.26. The van der Waals surface area contributed by atoms with Crippen LogP contribution in [-0.4, -0.2) is 19.9 Å². The summed E-state index contributed by atoms with van der Waals surface area (Å²) in [5.74, 6) is 1.96. The summed E-state index contributed by atoms with van der Waals surface area (Å²) in [4.78, 5) is 18.9. The number of benzene rings is 6. The van der Waals surface area contributed by atoms with E-state index in [-0.39, 0.29) is 0 Å². The highest BCUT2D eigenvalue weighted by Crippen LogP contribution is 2.36. The smallest absolute Gasteiger partial charge is 0.164 e. The average Bonchev–Trinajstić information content (AvgIpc) is 3.15. The Morgan fingerprint density at radius 3 is 1.39 bits per heavy atom. The maximum Gasteiger partial charge on any atom is 0.164 e. The first-order valence-electron chi connectivity index (χ1n) is 15.3. The number of aromatic nitrogens is 4. The Labute approximate surface area is 267 Å². The molecule has 0 unspecified atom stereocenters. The maximum atomic E-state index is 4.90. The van der Waals surface area contributed by atoms with Gasteiger partial charge in [-0.2, -0.15) is 0 Å². The minimum Gasteiger partial charge on any atom is -0.264 e. The van der Waals surface area contributed by atoms with Crippen LogP contribution in [0.1, 0.15) is 0 Å². The molecular weight excluding hydrogens is 560 g/mol. The van der Waals surface area contributed by atoms with Gasteiger partial charge in [-0.05, 0) is 62.4 Å². The van der Waals surface area contributed by atoms with Crippen LogP contribution in [0.25, 0.3) is 78.3 Å². The van der Waals surface area contributed by atoms with E-state index in [0.29, 0.717) is 17.5 Å². The minimum atomic E-state index is 0.646. The predicted molar refractivity (Wildman–Crippen MR) is 188 cm³/mol. The molecule has 46 heavy (non-hydrogen) atoms. The van der Waals surface area contributed by atoms with Gasteiger partial charge in [-0.15, -0.1) is 0 Å². The lowest BCUT2D eigenvalue weighted by atomic mass is 9.92. The molecule has 0 amide bonds. The number of nitrogens with zero attached hydrogens (tertiary/aromatic N) is 4. The summed E-state index contributed by atoms with van der Waals surface area (Å²) in [7, 11) is 0. The molecule has 0 atom stereocenters. The van der Waals surface area contributed by atoms with Crippen LogP contribution in [-0.2, 0) is 0 Å². The van der Waals surface area contributed by atoms with Crippen LogP contribution in [0.5, 0.6) is 0 Å². The number of pyridine rings is 1. The van der Waals surface area contributed by atoms with Gasteiger partial charge in [0.2, 0.25) is 0 Å². The molecule has 0 aliphatic heterocycles. The van der Waals surface area contributed by atoms with E-state index in [4.69, 9.17) is 15.0 Å². The molecule has 8 rings (SSSR count). The fourth-order valence-corrected chi connectivity index (χ4v) is 5.84. The lowest BCUT2D eigenvalue weighted by Gasteiger charge is -2.13. The Balaban J connectivity index is 1.18. The molecule has 6 aromatic carbocycles. The monoisotopic (exact) mass is 588 g/mol. The van der Waals surface area contributed by atoms with Crippen molar-refractivity contribution in [1.82, 2.24) is 19.9 Å². The van der Waals surface area contributed by atoms with Gasteiger partial charge in [0, 0.05) is 29.1 Å². The molecule has 4 heteroatoms. The molecule has 0 spiro atoms. The molecule has 0 saturated carbocycles. The molecule has 216 valence electrons. The van der Waals surface area contributed by atoms with Gasteiger partial charge in [0.05, 0.1) is 0 Å². The highest BCUT2D eigenvalue weighted by atomic mass is 15.0. The van der Waals surface area contributed by atoms with Crippen LogP contribution in [0.2, 0.25) is 0 Å². The van der Waals surface area contributed by atoms with Crippen molar-refractivity contribution in [2.45, 2.75) is 0 Å². The fourth-order valence-electron chi connectivity index (χ4n) is 5.84. The number of hydrogen-bond acceptors (Lipinski definition) is 4. The van der Waals surface area contributed by atoms with E-state index in [2.05, 4.69) is 96.0 Å². The minimum absolute atomic E-state index is 0.646. The fraction of sp³-hybridized carbons (Fsp3) is 0. The molecule has 0 saturated heterocycles. The van der Waals surface area contributed by atoms with Crippen LogP contribution in [0.15, 0.2) is 170 Å². The first-order chi connectivity index (χ1) is 22.8. The van der Waals surface area contributed by atoms with Gasteiger partial charge in [-0.1, -0.05) is 140 Å². The van der Waals surface area contributed by atoms with Crippen molar-refractivity contribution in [2.24, 2.45) is 0 Å². The van der Waals surface area contributed by atoms with E-state index < -0.39 is 0 Å². The number of fused-ring (bicyclic) bond motifs is 1. The van der Waals surface area contributed by atoms with E-state index in [9.17, 15) is 0 Å². The van der Waals surface area contributed by atoms with Gasteiger partial charge in [0.15, 0.2) is 17.5 Å². The van der Waals surface area contributed by atoms with Crippen LogP contribution in [0.3, 0.4) is 0 Å². The predicted octanol–water partition coefficient (Wildman–Crippen LogP) is 10.4. The Kier molecular flexibility index (Phi) is 7.14. The molecular formula is C42H28N4. The van der Waals surface area contributed by atoms with E-state index in [1.54, 1.807) is 6.20 Å². The lowest BCUT2D eigenvalue weighted by Crippen LogP contribution is -2.00. The Morgan fingerprint density at radius 1 is 0.326 bits per heavy atom. The summed E-state index contributed by atoms with van der Waals surface area (Å²) in [5.41, 5.74) is 9.77. The van der Waals surface area contributed by atoms with Gasteiger partial charge in [0.25, 0.3) is 0 Å². The first-order valence-corrected chi connectivity index (χ1v) is 15.3. The van der Waals surface area contributed by atoms with Crippen LogP contribution < -0.4 is 0 Å². The molecule has 4 nitrogen and oxygen atoms in total. The quantitative estimate of drug-likeness (QED) is 0.194. The SMILES string of the molecule is c1ccc(-c2nc(-c3ccccc3)nc(-c3ccc(-c4cc(-c5ccc(-c6cccnc6)cc5)c5ccccc5c4)cc3)n2)cc1. The molecule has 0 aliphatic rings. The third-order valence-corrected chi connectivity index (χ3v) is 8.23. The van der Waals surface area contributed by atoms with Crippen LogP contribution in [0, 0.1) is 0 Å². The molecule has 2 heterocycles. The van der Waals surface area contributed by atoms with E-state index in [0.717, 1.165) is 38.9 Å². The van der Waals surface area contributed by atoms with Crippen LogP contribution >= 0.6 is 0 Å². The van der Waals surface area contributed by atoms with Gasteiger partial charge in [0.1, 0.15) is 0 Å². The summed E-state index contributed by atoms with van der Waals surface area (Å²) in [6.07, 6.45) is 3.70. The van der Waals surface area contributed by atoms with Gasteiger partial charge < -0.3 is 0 Å². The van der Waals surface area contributed by atoms with Crippen molar-refractivity contribution < 1.29 is 0 Å². The van der Waals surface area contributed by atoms with Crippen molar-refractivity contribution in [3.05, 3.63) is 170 Å². The Morgan fingerprint density at radius 2 is 0.804 bits per heavy atom. The van der Waals surface area contributed by atoms with Gasteiger partial charge in [-0.25, -0.2) is 15.0 Å². The second-order valence-corrected chi connectivity index (χ2v) is 11.2. The second-order valence-electron chi connectivity index (χ2n) is 11.2. The van der Waals surface area contributed by atoms with E-state index >= 15 is 0 Å². The average molecular weight is 589 g/mol. The highest BCUT2D eigenvalue weighted by Gasteiger charge is 2.13.